The summed E-state index contributed by atoms with van der Waals surface area (Å²) in [6.07, 6.45) is -2.57. The first kappa shape index (κ1) is 16.4. The predicted octanol–water partition coefficient (Wildman–Crippen LogP) is 0.272. The molecule has 0 aromatic rings. The highest BCUT2D eigenvalue weighted by molar-refractivity contribution is 6.20. The second-order valence-corrected chi connectivity index (χ2v) is 4.36. The number of aliphatic hydroxyl groups excluding tert-OH is 3. The Morgan fingerprint density at radius 2 is 1.19 bits per heavy atom. The molecule has 0 aliphatic carbocycles. The lowest BCUT2D eigenvalue weighted by molar-refractivity contribution is -0.0672. The zero-order valence-corrected chi connectivity index (χ0v) is 10.7. The highest BCUT2D eigenvalue weighted by Crippen LogP contribution is 2.07. The molecule has 7 heteroatoms. The van der Waals surface area contributed by atoms with Crippen molar-refractivity contribution in [1.29, 1.82) is 0 Å². The van der Waals surface area contributed by atoms with Gasteiger partial charge in [0.25, 0.3) is 0 Å². The van der Waals surface area contributed by atoms with Gasteiger partial charge in [-0.3, -0.25) is 0 Å². The van der Waals surface area contributed by atoms with Gasteiger partial charge in [0.05, 0.1) is 25.4 Å². The molecule has 0 aliphatic heterocycles. The van der Waals surface area contributed by atoms with Gasteiger partial charge in [-0.1, -0.05) is 23.2 Å². The number of halogens is 2. The van der Waals surface area contributed by atoms with Crippen molar-refractivity contribution in [3.8, 4) is 0 Å². The molecule has 98 valence electrons. The van der Waals surface area contributed by atoms with Crippen LogP contribution in [0.15, 0.2) is 0 Å². The molecule has 0 spiro atoms. The van der Waals surface area contributed by atoms with Crippen molar-refractivity contribution in [3.63, 3.8) is 0 Å². The number of alkyl halides is 2. The lowest BCUT2D eigenvalue weighted by Gasteiger charge is -2.19. The second-order valence-electron chi connectivity index (χ2n) is 3.50. The van der Waals surface area contributed by atoms with Gasteiger partial charge in [0, 0.05) is 0 Å². The minimum Gasteiger partial charge on any atom is -0.389 e. The smallest absolute Gasteiger partial charge is 0.156 e. The molecule has 0 heterocycles. The first-order chi connectivity index (χ1) is 7.34. The largest absolute Gasteiger partial charge is 0.389 e. The van der Waals surface area contributed by atoms with Gasteiger partial charge in [-0.05, 0) is 13.8 Å². The second kappa shape index (κ2) is 8.47. The Bertz CT molecular complexity index is 161. The van der Waals surface area contributed by atoms with E-state index >= 15 is 0 Å². The van der Waals surface area contributed by atoms with Crippen molar-refractivity contribution < 1.29 is 24.8 Å². The van der Waals surface area contributed by atoms with Crippen LogP contribution in [0.1, 0.15) is 13.8 Å². The van der Waals surface area contributed by atoms with Crippen LogP contribution in [0.25, 0.3) is 0 Å². The van der Waals surface area contributed by atoms with Crippen molar-refractivity contribution >= 4 is 23.2 Å². The molecule has 5 nitrogen and oxygen atoms in total. The van der Waals surface area contributed by atoms with Crippen LogP contribution in [0.4, 0.5) is 0 Å². The van der Waals surface area contributed by atoms with E-state index in [-0.39, 0.29) is 13.2 Å². The monoisotopic (exact) mass is 276 g/mol. The minimum absolute atomic E-state index is 0.0809. The molecule has 16 heavy (non-hydrogen) atoms. The predicted molar refractivity (Wildman–Crippen MR) is 60.6 cm³/mol. The van der Waals surface area contributed by atoms with Gasteiger partial charge in [-0.2, -0.15) is 0 Å². The van der Waals surface area contributed by atoms with Gasteiger partial charge in [-0.25, -0.2) is 0 Å². The van der Waals surface area contributed by atoms with E-state index in [9.17, 15) is 5.11 Å². The molecule has 0 radical (unpaired) electrons. The van der Waals surface area contributed by atoms with Crippen LogP contribution < -0.4 is 0 Å². The summed E-state index contributed by atoms with van der Waals surface area (Å²) in [6.45, 7) is 2.79. The average Bonchev–Trinajstić information content (AvgIpc) is 2.21. The Hall–Kier alpha value is 0.380. The number of hydrogen-bond acceptors (Lipinski definition) is 5. The lowest BCUT2D eigenvalue weighted by Crippen LogP contribution is -2.31. The van der Waals surface area contributed by atoms with Gasteiger partial charge < -0.3 is 24.8 Å². The first-order valence-electron chi connectivity index (χ1n) is 4.90. The minimum atomic E-state index is -0.917. The highest BCUT2D eigenvalue weighted by atomic mass is 35.5. The molecule has 0 amide bonds. The summed E-state index contributed by atoms with van der Waals surface area (Å²) in [7, 11) is 0. The van der Waals surface area contributed by atoms with Crippen LogP contribution in [-0.2, 0) is 9.47 Å². The molecule has 0 aromatic heterocycles. The molecule has 4 atom stereocenters. The SMILES string of the molecule is CC(O)C(Cl)OCC(O)COC(Cl)C(C)O. The van der Waals surface area contributed by atoms with Crippen molar-refractivity contribution in [3.05, 3.63) is 0 Å². The third kappa shape index (κ3) is 7.62. The highest BCUT2D eigenvalue weighted by Gasteiger charge is 2.17. The zero-order valence-electron chi connectivity index (χ0n) is 9.22. The summed E-state index contributed by atoms with van der Waals surface area (Å²) in [5, 5.41) is 27.4. The molecule has 0 saturated heterocycles. The standard InChI is InChI=1S/C9H18Cl2O5/c1-5(12)8(10)15-3-7(14)4-16-9(11)6(2)13/h5-9,12-14H,3-4H2,1-2H3. The van der Waals surface area contributed by atoms with E-state index in [1.54, 1.807) is 0 Å². The summed E-state index contributed by atoms with van der Waals surface area (Å²) in [6, 6.07) is 0. The van der Waals surface area contributed by atoms with E-state index in [1.165, 1.54) is 13.8 Å². The van der Waals surface area contributed by atoms with E-state index in [0.717, 1.165) is 0 Å². The number of ether oxygens (including phenoxy) is 2. The summed E-state index contributed by atoms with van der Waals surface area (Å²) in [5.41, 5.74) is -1.75. The van der Waals surface area contributed by atoms with Gasteiger partial charge in [0.1, 0.15) is 6.10 Å². The summed E-state index contributed by atoms with van der Waals surface area (Å²) in [5.74, 6) is 0. The fraction of sp³-hybridized carbons (Fsp3) is 1.00. The third-order valence-corrected chi connectivity index (χ3v) is 2.64. The van der Waals surface area contributed by atoms with Crippen LogP contribution in [-0.4, -0.2) is 58.0 Å². The van der Waals surface area contributed by atoms with Crippen molar-refractivity contribution in [1.82, 2.24) is 0 Å². The van der Waals surface area contributed by atoms with E-state index in [1.807, 2.05) is 0 Å². The van der Waals surface area contributed by atoms with Gasteiger partial charge in [0.15, 0.2) is 11.1 Å². The zero-order chi connectivity index (χ0) is 12.7. The quantitative estimate of drug-likeness (QED) is 0.555. The average molecular weight is 277 g/mol. The molecule has 0 bridgehead atoms. The fourth-order valence-corrected chi connectivity index (χ4v) is 0.878. The summed E-state index contributed by atoms with van der Waals surface area (Å²) < 4.78 is 9.88. The molecule has 3 N–H and O–H groups in total. The van der Waals surface area contributed by atoms with Crippen LogP contribution in [0.3, 0.4) is 0 Å². The van der Waals surface area contributed by atoms with E-state index in [0.29, 0.717) is 0 Å². The maximum atomic E-state index is 9.38. The molecule has 0 rings (SSSR count). The summed E-state index contributed by atoms with van der Waals surface area (Å²) >= 11 is 11.2. The lowest BCUT2D eigenvalue weighted by atomic mass is 10.4. The Morgan fingerprint density at radius 3 is 1.44 bits per heavy atom. The first-order valence-corrected chi connectivity index (χ1v) is 5.77. The third-order valence-electron chi connectivity index (χ3n) is 1.65. The van der Waals surface area contributed by atoms with E-state index in [4.69, 9.17) is 42.9 Å². The number of rotatable bonds is 8. The van der Waals surface area contributed by atoms with Crippen LogP contribution in [0.5, 0.6) is 0 Å². The molecule has 4 unspecified atom stereocenters. The number of aliphatic hydroxyl groups is 3. The van der Waals surface area contributed by atoms with E-state index in [2.05, 4.69) is 0 Å². The Morgan fingerprint density at radius 1 is 0.875 bits per heavy atom. The Kier molecular flexibility index (Phi) is 8.67. The topological polar surface area (TPSA) is 79.2 Å². The number of hydrogen-bond donors (Lipinski definition) is 3. The van der Waals surface area contributed by atoms with Crippen molar-refractivity contribution in [2.75, 3.05) is 13.2 Å². The normalized spacial score (nSPS) is 21.2. The molecule has 0 fully saturated rings. The van der Waals surface area contributed by atoms with Crippen molar-refractivity contribution in [2.24, 2.45) is 0 Å². The molecule has 0 aromatic carbocycles. The van der Waals surface area contributed by atoms with Crippen molar-refractivity contribution in [2.45, 2.75) is 43.3 Å². The maximum Gasteiger partial charge on any atom is 0.156 e. The molecule has 0 aliphatic rings. The van der Waals surface area contributed by atoms with Gasteiger partial charge in [-0.15, -0.1) is 0 Å². The fourth-order valence-electron chi connectivity index (χ4n) is 0.733. The molecular weight excluding hydrogens is 259 g/mol. The van der Waals surface area contributed by atoms with Crippen LogP contribution in [0, 0.1) is 0 Å². The summed E-state index contributed by atoms with van der Waals surface area (Å²) in [4.78, 5) is 0. The molecular formula is C9H18Cl2O5. The Labute approximate surface area is 105 Å². The Balaban J connectivity index is 3.63. The van der Waals surface area contributed by atoms with Crippen LogP contribution >= 0.6 is 23.2 Å². The van der Waals surface area contributed by atoms with E-state index < -0.39 is 29.4 Å². The van der Waals surface area contributed by atoms with Crippen LogP contribution in [0.2, 0.25) is 0 Å². The molecule has 0 saturated carbocycles. The van der Waals surface area contributed by atoms with Gasteiger partial charge >= 0.3 is 0 Å². The van der Waals surface area contributed by atoms with Gasteiger partial charge in [0.2, 0.25) is 0 Å². The maximum absolute atomic E-state index is 9.38.